The molecule has 0 bridgehead atoms. The summed E-state index contributed by atoms with van der Waals surface area (Å²) in [5, 5.41) is 8.60. The van der Waals surface area contributed by atoms with Crippen molar-refractivity contribution < 1.29 is 4.55 Å². The molecule has 0 spiro atoms. The Morgan fingerprint density at radius 2 is 2.25 bits per heavy atom. The van der Waals surface area contributed by atoms with E-state index in [-0.39, 0.29) is 5.56 Å². The van der Waals surface area contributed by atoms with Crippen LogP contribution in [-0.2, 0) is 37.7 Å². The third-order valence-corrected chi connectivity index (χ3v) is 7.72. The van der Waals surface area contributed by atoms with Crippen LogP contribution in [0.15, 0.2) is 33.5 Å². The smallest absolute Gasteiger partial charge is 0.303 e. The van der Waals surface area contributed by atoms with Gasteiger partial charge >= 0.3 is 4.34 Å². The van der Waals surface area contributed by atoms with Crippen LogP contribution < -0.4 is 10.9 Å². The second kappa shape index (κ2) is 6.70. The zero-order chi connectivity index (χ0) is 19.4. The molecule has 3 aromatic heterocycles. The number of aromatic nitrogens is 4. The van der Waals surface area contributed by atoms with E-state index in [2.05, 4.69) is 27.5 Å². The lowest BCUT2D eigenvalue weighted by Crippen LogP contribution is -2.28. The summed E-state index contributed by atoms with van der Waals surface area (Å²) in [6, 6.07) is 6.26. The molecule has 0 saturated heterocycles. The molecule has 1 aliphatic heterocycles. The highest BCUT2D eigenvalue weighted by atomic mass is 32.2. The van der Waals surface area contributed by atoms with Crippen molar-refractivity contribution in [3.63, 3.8) is 0 Å². The topological polar surface area (TPSA) is 87.8 Å². The van der Waals surface area contributed by atoms with Crippen molar-refractivity contribution in [1.82, 2.24) is 24.6 Å². The lowest BCUT2D eigenvalue weighted by Gasteiger charge is -2.20. The zero-order valence-electron chi connectivity index (χ0n) is 15.6. The monoisotopic (exact) mass is 413 g/mol. The Balaban J connectivity index is 1.63. The van der Waals surface area contributed by atoms with Gasteiger partial charge in [-0.3, -0.25) is 4.79 Å². The molecule has 0 saturated carbocycles. The van der Waals surface area contributed by atoms with E-state index < -0.39 is 11.2 Å². The molecule has 9 heteroatoms. The largest absolute Gasteiger partial charge is 0.610 e. The zero-order valence-corrected chi connectivity index (χ0v) is 17.2. The van der Waals surface area contributed by atoms with Crippen molar-refractivity contribution in [3.05, 3.63) is 51.4 Å². The fourth-order valence-electron chi connectivity index (χ4n) is 3.93. The third-order valence-electron chi connectivity index (χ3n) is 5.31. The van der Waals surface area contributed by atoms with Gasteiger partial charge in [0, 0.05) is 30.2 Å². The second-order valence-corrected chi connectivity index (χ2v) is 9.55. The number of benzene rings is 1. The van der Waals surface area contributed by atoms with Gasteiger partial charge in [-0.05, 0) is 29.7 Å². The molecule has 144 valence electrons. The summed E-state index contributed by atoms with van der Waals surface area (Å²) >= 11 is 0.222. The summed E-state index contributed by atoms with van der Waals surface area (Å²) in [7, 11) is 1.83. The molecule has 1 atom stereocenters. The van der Waals surface area contributed by atoms with Crippen LogP contribution in [0.25, 0.3) is 21.3 Å². The first-order chi connectivity index (χ1) is 13.5. The van der Waals surface area contributed by atoms with Gasteiger partial charge in [0.15, 0.2) is 5.65 Å². The molecule has 1 aliphatic rings. The van der Waals surface area contributed by atoms with Crippen LogP contribution in [-0.4, -0.2) is 36.7 Å². The highest BCUT2D eigenvalue weighted by molar-refractivity contribution is 7.92. The average Bonchev–Trinajstić information content (AvgIpc) is 3.24. The van der Waals surface area contributed by atoms with Gasteiger partial charge in [-0.2, -0.15) is 10.1 Å². The number of nitrogens with one attached hydrogen (secondary N) is 1. The highest BCUT2D eigenvalue weighted by Gasteiger charge is 2.22. The quantitative estimate of drug-likeness (QED) is 0.517. The molecule has 4 heterocycles. The molecule has 0 aliphatic carbocycles. The molecule has 5 rings (SSSR count). The molecule has 1 N–H and O–H groups in total. The summed E-state index contributed by atoms with van der Waals surface area (Å²) in [5.41, 5.74) is 4.90. The van der Waals surface area contributed by atoms with Gasteiger partial charge in [0.1, 0.15) is 11.8 Å². The number of nitrogens with zero attached hydrogens (tertiary/aromatic N) is 4. The molecule has 1 unspecified atom stereocenters. The van der Waals surface area contributed by atoms with Crippen LogP contribution in [0.1, 0.15) is 16.7 Å². The Labute approximate surface area is 168 Å². The van der Waals surface area contributed by atoms with Crippen LogP contribution in [0.2, 0.25) is 0 Å². The van der Waals surface area contributed by atoms with Crippen LogP contribution in [0, 0.1) is 0 Å². The lowest BCUT2D eigenvalue weighted by molar-refractivity contribution is 0.600. The molecular formula is C19H19N5O2S2. The van der Waals surface area contributed by atoms with E-state index in [1.54, 1.807) is 17.0 Å². The molecular weight excluding hydrogens is 394 g/mol. The maximum atomic E-state index is 13.2. The first-order valence-corrected chi connectivity index (χ1v) is 11.4. The summed E-state index contributed by atoms with van der Waals surface area (Å²) in [6.07, 6.45) is 4.31. The Morgan fingerprint density at radius 3 is 3.07 bits per heavy atom. The number of hydrogen-bond acceptors (Lipinski definition) is 6. The summed E-state index contributed by atoms with van der Waals surface area (Å²) in [4.78, 5) is 17.7. The molecule has 0 radical (unpaired) electrons. The fraction of sp³-hybridized carbons (Fsp3) is 0.316. The third kappa shape index (κ3) is 2.69. The van der Waals surface area contributed by atoms with Crippen molar-refractivity contribution in [2.24, 2.45) is 7.05 Å². The van der Waals surface area contributed by atoms with Crippen molar-refractivity contribution >= 4 is 43.8 Å². The maximum Gasteiger partial charge on any atom is 0.303 e. The standard InChI is InChI=1S/C19H19N5O2S2/c1-23-15-14(16-17(23)22-19(27-16)28(2)26)9-21-24(18(15)25)10-12-5-3-4-11-8-20-7-6-13(11)12/h3-5,9,20H,6-8,10H2,1-2H3. The lowest BCUT2D eigenvalue weighted by atomic mass is 9.95. The summed E-state index contributed by atoms with van der Waals surface area (Å²) in [6.45, 7) is 2.27. The highest BCUT2D eigenvalue weighted by Crippen LogP contribution is 2.32. The van der Waals surface area contributed by atoms with E-state index in [4.69, 9.17) is 0 Å². The Hall–Kier alpha value is -2.20. The minimum absolute atomic E-state index is 0.129. The normalized spacial score (nSPS) is 15.2. The first kappa shape index (κ1) is 17.9. The maximum absolute atomic E-state index is 13.2. The Bertz CT molecular complexity index is 1270. The number of thiazole rings is 1. The van der Waals surface area contributed by atoms with E-state index >= 15 is 0 Å². The van der Waals surface area contributed by atoms with E-state index in [1.165, 1.54) is 27.1 Å². The van der Waals surface area contributed by atoms with Gasteiger partial charge in [-0.15, -0.1) is 0 Å². The first-order valence-electron chi connectivity index (χ1n) is 9.03. The number of rotatable bonds is 3. The minimum Gasteiger partial charge on any atom is -0.610 e. The van der Waals surface area contributed by atoms with Gasteiger partial charge < -0.3 is 14.4 Å². The number of hydrogen-bond donors (Lipinski definition) is 1. The van der Waals surface area contributed by atoms with Crippen molar-refractivity contribution in [3.8, 4) is 0 Å². The van der Waals surface area contributed by atoms with E-state index in [9.17, 15) is 9.35 Å². The Kier molecular flexibility index (Phi) is 4.27. The van der Waals surface area contributed by atoms with E-state index in [0.717, 1.165) is 35.2 Å². The van der Waals surface area contributed by atoms with Gasteiger partial charge in [-0.25, -0.2) is 4.68 Å². The van der Waals surface area contributed by atoms with Gasteiger partial charge in [0.05, 0.1) is 17.4 Å². The van der Waals surface area contributed by atoms with Gasteiger partial charge in [-0.1, -0.05) is 29.5 Å². The van der Waals surface area contributed by atoms with Crippen LogP contribution in [0.3, 0.4) is 0 Å². The van der Waals surface area contributed by atoms with Crippen LogP contribution >= 0.6 is 11.3 Å². The molecule has 4 aromatic rings. The molecule has 1 aromatic carbocycles. The van der Waals surface area contributed by atoms with Gasteiger partial charge in [0.25, 0.3) is 5.56 Å². The SMILES string of the molecule is Cn1c2nc([S+](C)[O-])sc2c2cnn(Cc3cccc4c3CCNC4)c(=O)c21. The van der Waals surface area contributed by atoms with Crippen molar-refractivity contribution in [2.45, 2.75) is 23.8 Å². The molecule has 28 heavy (non-hydrogen) atoms. The summed E-state index contributed by atoms with van der Waals surface area (Å²) in [5.74, 6) is 0. The predicted molar refractivity (Wildman–Crippen MR) is 111 cm³/mol. The van der Waals surface area contributed by atoms with Crippen molar-refractivity contribution in [2.75, 3.05) is 12.8 Å². The molecule has 0 fully saturated rings. The Morgan fingerprint density at radius 1 is 1.39 bits per heavy atom. The molecule has 7 nitrogen and oxygen atoms in total. The van der Waals surface area contributed by atoms with Gasteiger partial charge in [0.2, 0.25) is 0 Å². The average molecular weight is 414 g/mol. The van der Waals surface area contributed by atoms with E-state index in [1.807, 2.05) is 13.1 Å². The minimum atomic E-state index is -1.14. The fourth-order valence-corrected chi connectivity index (χ4v) is 5.70. The summed E-state index contributed by atoms with van der Waals surface area (Å²) < 4.78 is 16.5. The number of aryl methyl sites for hydroxylation is 1. The van der Waals surface area contributed by atoms with Crippen molar-refractivity contribution in [1.29, 1.82) is 0 Å². The number of fused-ring (bicyclic) bond motifs is 4. The van der Waals surface area contributed by atoms with E-state index in [0.29, 0.717) is 22.0 Å². The predicted octanol–water partition coefficient (Wildman–Crippen LogP) is 1.78. The van der Waals surface area contributed by atoms with Crippen LogP contribution in [0.5, 0.6) is 0 Å². The second-order valence-electron chi connectivity index (χ2n) is 7.00. The molecule has 0 amide bonds. The van der Waals surface area contributed by atoms with Crippen LogP contribution in [0.4, 0.5) is 0 Å².